The van der Waals surface area contributed by atoms with Crippen LogP contribution in [0, 0.1) is 5.21 Å². The molecule has 188 valence electrons. The smallest absolute Gasteiger partial charge is 0.272 e. The van der Waals surface area contributed by atoms with Crippen LogP contribution in [-0.2, 0) is 4.74 Å². The Balaban J connectivity index is 1.43. The number of ether oxygens (including phenoxy) is 3. The number of methoxy groups -OCH3 is 1. The first kappa shape index (κ1) is 25.6. The van der Waals surface area contributed by atoms with Crippen molar-refractivity contribution in [3.63, 3.8) is 0 Å². The van der Waals surface area contributed by atoms with Gasteiger partial charge in [-0.3, -0.25) is 9.88 Å². The van der Waals surface area contributed by atoms with E-state index < -0.39 is 0 Å². The third-order valence-corrected chi connectivity index (χ3v) is 6.61. The minimum atomic E-state index is 0.378. The number of hydrogen-bond acceptors (Lipinski definition) is 7. The normalized spacial score (nSPS) is 14.3. The summed E-state index contributed by atoms with van der Waals surface area (Å²) in [5.41, 5.74) is 1.56. The molecular weight excluding hydrogens is 491 g/mol. The van der Waals surface area contributed by atoms with Gasteiger partial charge in [-0.15, -0.1) is 0 Å². The number of fused-ring (bicyclic) bond motifs is 1. The van der Waals surface area contributed by atoms with E-state index >= 15 is 0 Å². The van der Waals surface area contributed by atoms with Crippen molar-refractivity contribution in [2.75, 3.05) is 51.9 Å². The summed E-state index contributed by atoms with van der Waals surface area (Å²) in [6.07, 6.45) is 8.68. The van der Waals surface area contributed by atoms with E-state index in [2.05, 4.69) is 15.2 Å². The number of aromatic nitrogens is 2. The maximum absolute atomic E-state index is 12.8. The number of pyridine rings is 2. The number of rotatable bonds is 11. The average Bonchev–Trinajstić information content (AvgIpc) is 2.87. The molecule has 1 fully saturated rings. The fraction of sp³-hybridized carbons (Fsp3) is 0.440. The lowest BCUT2D eigenvalue weighted by Gasteiger charge is -2.26. The molecule has 3 aromatic rings. The van der Waals surface area contributed by atoms with E-state index in [1.54, 1.807) is 19.2 Å². The molecule has 0 amide bonds. The molecule has 2 aromatic heterocycles. The summed E-state index contributed by atoms with van der Waals surface area (Å²) in [6, 6.07) is 5.28. The molecule has 1 N–H and O–H groups in total. The van der Waals surface area contributed by atoms with Crippen LogP contribution >= 0.6 is 23.2 Å². The van der Waals surface area contributed by atoms with Gasteiger partial charge in [-0.1, -0.05) is 36.0 Å². The van der Waals surface area contributed by atoms with Gasteiger partial charge in [-0.2, -0.15) is 4.73 Å². The molecule has 0 radical (unpaired) electrons. The summed E-state index contributed by atoms with van der Waals surface area (Å²) in [6.45, 7) is 5.32. The van der Waals surface area contributed by atoms with E-state index in [0.717, 1.165) is 63.3 Å². The third-order valence-electron chi connectivity index (χ3n) is 6.03. The Morgan fingerprint density at radius 1 is 1.09 bits per heavy atom. The van der Waals surface area contributed by atoms with Crippen LogP contribution in [0.15, 0.2) is 36.8 Å². The zero-order valence-corrected chi connectivity index (χ0v) is 21.3. The van der Waals surface area contributed by atoms with Gasteiger partial charge in [0, 0.05) is 31.5 Å². The van der Waals surface area contributed by atoms with Crippen molar-refractivity contribution in [1.82, 2.24) is 9.88 Å². The lowest BCUT2D eigenvalue weighted by atomic mass is 10.1. The van der Waals surface area contributed by atoms with Crippen molar-refractivity contribution in [2.24, 2.45) is 0 Å². The standard InChI is InChI=1S/C25H30Cl2N4O4/c1-33-22-7-6-18-21(29-23-19(26)16-28-17-20(23)27)8-10-31(32)24(18)25(22)35-13-5-3-2-4-9-30-11-14-34-15-12-30/h6-8,10,16-17H,2-5,9,11-15H2,1H3,(H,28,29). The van der Waals surface area contributed by atoms with Gasteiger partial charge in [-0.05, 0) is 31.5 Å². The second kappa shape index (κ2) is 12.4. The van der Waals surface area contributed by atoms with Gasteiger partial charge in [0.05, 0.1) is 53.7 Å². The van der Waals surface area contributed by atoms with Crippen LogP contribution in [-0.4, -0.2) is 56.4 Å². The number of anilines is 2. The highest BCUT2D eigenvalue weighted by molar-refractivity contribution is 6.39. The molecule has 0 atom stereocenters. The van der Waals surface area contributed by atoms with Crippen molar-refractivity contribution >= 4 is 45.5 Å². The molecule has 1 aliphatic heterocycles. The minimum absolute atomic E-state index is 0.378. The molecule has 1 aromatic carbocycles. The molecule has 1 saturated heterocycles. The van der Waals surface area contributed by atoms with Crippen LogP contribution in [0.1, 0.15) is 25.7 Å². The first-order valence-corrected chi connectivity index (χ1v) is 12.6. The van der Waals surface area contributed by atoms with Crippen molar-refractivity contribution in [1.29, 1.82) is 0 Å². The summed E-state index contributed by atoms with van der Waals surface area (Å²) in [5.74, 6) is 0.926. The fourth-order valence-corrected chi connectivity index (χ4v) is 4.62. The number of hydrogen-bond donors (Lipinski definition) is 1. The van der Waals surface area contributed by atoms with E-state index in [1.807, 2.05) is 6.07 Å². The SMILES string of the molecule is COc1ccc2c(Nc3c(Cl)cncc3Cl)cc[n+]([O-])c2c1OCCCCCCN1CCOCC1. The zero-order chi connectivity index (χ0) is 24.6. The molecule has 0 unspecified atom stereocenters. The van der Waals surface area contributed by atoms with Crippen molar-refractivity contribution in [2.45, 2.75) is 25.7 Å². The van der Waals surface area contributed by atoms with Gasteiger partial charge in [0.25, 0.3) is 5.52 Å². The summed E-state index contributed by atoms with van der Waals surface area (Å²) in [5, 5.41) is 17.5. The Bertz CT molecular complexity index is 1120. The van der Waals surface area contributed by atoms with Gasteiger partial charge in [0.15, 0.2) is 11.9 Å². The molecular formula is C25H30Cl2N4O4. The molecule has 10 heteroatoms. The molecule has 35 heavy (non-hydrogen) atoms. The lowest BCUT2D eigenvalue weighted by molar-refractivity contribution is -0.577. The monoisotopic (exact) mass is 520 g/mol. The number of unbranched alkanes of at least 4 members (excludes halogenated alkanes) is 3. The maximum atomic E-state index is 12.8. The van der Waals surface area contributed by atoms with Crippen molar-refractivity contribution in [3.8, 4) is 11.5 Å². The number of nitrogens with one attached hydrogen (secondary N) is 1. The Morgan fingerprint density at radius 3 is 2.57 bits per heavy atom. The summed E-state index contributed by atoms with van der Waals surface area (Å²) >= 11 is 12.6. The quantitative estimate of drug-likeness (QED) is 0.211. The summed E-state index contributed by atoms with van der Waals surface area (Å²) in [4.78, 5) is 6.43. The second-order valence-electron chi connectivity index (χ2n) is 8.37. The zero-order valence-electron chi connectivity index (χ0n) is 19.8. The van der Waals surface area contributed by atoms with Crippen LogP contribution in [0.2, 0.25) is 10.0 Å². The van der Waals surface area contributed by atoms with Crippen LogP contribution in [0.5, 0.6) is 11.5 Å². The van der Waals surface area contributed by atoms with Crippen molar-refractivity contribution < 1.29 is 18.9 Å². The predicted octanol–water partition coefficient (Wildman–Crippen LogP) is 5.20. The Morgan fingerprint density at radius 2 is 1.83 bits per heavy atom. The van der Waals surface area contributed by atoms with E-state index in [0.29, 0.717) is 50.4 Å². The predicted molar refractivity (Wildman–Crippen MR) is 138 cm³/mol. The van der Waals surface area contributed by atoms with Crippen molar-refractivity contribution in [3.05, 3.63) is 52.0 Å². The maximum Gasteiger partial charge on any atom is 0.272 e. The summed E-state index contributed by atoms with van der Waals surface area (Å²) in [7, 11) is 1.56. The highest BCUT2D eigenvalue weighted by Gasteiger charge is 2.21. The molecule has 0 saturated carbocycles. The van der Waals surface area contributed by atoms with E-state index in [-0.39, 0.29) is 0 Å². The molecule has 8 nitrogen and oxygen atoms in total. The van der Waals surface area contributed by atoms with Gasteiger partial charge in [0.1, 0.15) is 0 Å². The highest BCUT2D eigenvalue weighted by Crippen LogP contribution is 2.39. The Hall–Kier alpha value is -2.52. The van der Waals surface area contributed by atoms with Gasteiger partial charge in [-0.25, -0.2) is 0 Å². The van der Waals surface area contributed by atoms with E-state index in [9.17, 15) is 5.21 Å². The number of nitrogens with zero attached hydrogens (tertiary/aromatic N) is 3. The molecule has 0 aliphatic carbocycles. The second-order valence-corrected chi connectivity index (χ2v) is 9.18. The lowest BCUT2D eigenvalue weighted by Crippen LogP contribution is -2.36. The number of morpholine rings is 1. The number of benzene rings is 1. The largest absolute Gasteiger partial charge is 0.618 e. The van der Waals surface area contributed by atoms with Crippen LogP contribution < -0.4 is 19.5 Å². The van der Waals surface area contributed by atoms with Gasteiger partial charge >= 0.3 is 0 Å². The Labute approximate surface area is 215 Å². The first-order chi connectivity index (χ1) is 17.1. The van der Waals surface area contributed by atoms with E-state index in [4.69, 9.17) is 37.4 Å². The molecule has 1 aliphatic rings. The molecule has 4 rings (SSSR count). The first-order valence-electron chi connectivity index (χ1n) is 11.8. The van der Waals surface area contributed by atoms with Crippen LogP contribution in [0.25, 0.3) is 10.9 Å². The molecule has 0 spiro atoms. The van der Waals surface area contributed by atoms with Crippen LogP contribution in [0.4, 0.5) is 11.4 Å². The topological polar surface area (TPSA) is 82.8 Å². The van der Waals surface area contributed by atoms with Crippen LogP contribution in [0.3, 0.4) is 0 Å². The highest BCUT2D eigenvalue weighted by atomic mass is 35.5. The third kappa shape index (κ3) is 6.38. The Kier molecular flexibility index (Phi) is 9.09. The minimum Gasteiger partial charge on any atom is -0.618 e. The van der Waals surface area contributed by atoms with Gasteiger partial charge in [0.2, 0.25) is 5.75 Å². The molecule has 0 bridgehead atoms. The average molecular weight is 521 g/mol. The molecule has 3 heterocycles. The fourth-order valence-electron chi connectivity index (χ4n) is 4.16. The summed E-state index contributed by atoms with van der Waals surface area (Å²) < 4.78 is 17.8. The number of halogens is 2. The van der Waals surface area contributed by atoms with E-state index in [1.165, 1.54) is 18.6 Å². The van der Waals surface area contributed by atoms with Gasteiger partial charge < -0.3 is 24.7 Å².